The molecule has 1 atom stereocenters. The van der Waals surface area contributed by atoms with Gasteiger partial charge in [0, 0.05) is 44.1 Å². The van der Waals surface area contributed by atoms with Crippen LogP contribution in [-0.2, 0) is 9.53 Å². The molecule has 160 valence electrons. The van der Waals surface area contributed by atoms with E-state index in [0.717, 1.165) is 43.5 Å². The third kappa shape index (κ3) is 6.63. The van der Waals surface area contributed by atoms with Crippen LogP contribution in [0.2, 0.25) is 0 Å². The molecule has 1 aliphatic carbocycles. The summed E-state index contributed by atoms with van der Waals surface area (Å²) in [5.41, 5.74) is 1.86. The fourth-order valence-corrected chi connectivity index (χ4v) is 3.77. The Morgan fingerprint density at radius 3 is 2.52 bits per heavy atom. The van der Waals surface area contributed by atoms with E-state index in [2.05, 4.69) is 31.2 Å². The molecule has 1 saturated carbocycles. The van der Waals surface area contributed by atoms with Gasteiger partial charge < -0.3 is 20.3 Å². The van der Waals surface area contributed by atoms with Gasteiger partial charge in [-0.05, 0) is 49.3 Å². The highest BCUT2D eigenvalue weighted by Crippen LogP contribution is 2.30. The maximum atomic E-state index is 12.7. The Morgan fingerprint density at radius 2 is 1.90 bits per heavy atom. The quantitative estimate of drug-likeness (QED) is 0.699. The first-order valence-corrected chi connectivity index (χ1v) is 10.7. The first-order valence-electron chi connectivity index (χ1n) is 10.7. The third-order valence-electron chi connectivity index (χ3n) is 5.57. The van der Waals surface area contributed by atoms with Crippen LogP contribution in [0.15, 0.2) is 24.3 Å². The van der Waals surface area contributed by atoms with E-state index in [4.69, 9.17) is 0 Å². The van der Waals surface area contributed by atoms with Gasteiger partial charge in [-0.15, -0.1) is 0 Å². The molecule has 0 spiro atoms. The van der Waals surface area contributed by atoms with Crippen LogP contribution in [0.4, 0.5) is 16.2 Å². The maximum Gasteiger partial charge on any atom is 0.407 e. The minimum atomic E-state index is -0.628. The second-order valence-corrected chi connectivity index (χ2v) is 8.59. The first kappa shape index (κ1) is 21.4. The summed E-state index contributed by atoms with van der Waals surface area (Å²) in [7, 11) is 1.30. The Kier molecular flexibility index (Phi) is 7.36. The highest BCUT2D eigenvalue weighted by Gasteiger charge is 2.27. The largest absolute Gasteiger partial charge is 0.453 e. The molecule has 2 N–H and O–H groups in total. The Bertz CT molecular complexity index is 697. The normalized spacial score (nSPS) is 18.4. The van der Waals surface area contributed by atoms with Crippen LogP contribution in [-0.4, -0.2) is 62.8 Å². The fraction of sp³-hybridized carbons (Fsp3) is 0.636. The average Bonchev–Trinajstić information content (AvgIpc) is 3.52. The molecule has 1 aromatic rings. The van der Waals surface area contributed by atoms with Crippen molar-refractivity contribution in [3.8, 4) is 0 Å². The number of carbonyl (C=O) groups excluding carboxylic acids is 2. The van der Waals surface area contributed by atoms with Crippen LogP contribution in [0.25, 0.3) is 0 Å². The van der Waals surface area contributed by atoms with E-state index in [0.29, 0.717) is 6.42 Å². The number of rotatable bonds is 8. The van der Waals surface area contributed by atoms with Crippen LogP contribution in [0.3, 0.4) is 0 Å². The van der Waals surface area contributed by atoms with Gasteiger partial charge in [-0.2, -0.15) is 0 Å². The lowest BCUT2D eigenvalue weighted by Crippen LogP contribution is -2.47. The Balaban J connectivity index is 1.57. The summed E-state index contributed by atoms with van der Waals surface area (Å²) in [5, 5.41) is 5.59. The van der Waals surface area contributed by atoms with Crippen LogP contribution < -0.4 is 15.5 Å². The number of methoxy groups -OCH3 is 1. The molecule has 0 bridgehead atoms. The summed E-state index contributed by atoms with van der Waals surface area (Å²) in [6, 6.07) is 7.32. The lowest BCUT2D eigenvalue weighted by Gasteiger charge is -2.36. The van der Waals surface area contributed by atoms with Crippen molar-refractivity contribution in [2.45, 2.75) is 39.2 Å². The molecule has 1 aliphatic heterocycles. The number of nitrogens with zero attached hydrogens (tertiary/aromatic N) is 2. The topological polar surface area (TPSA) is 73.9 Å². The van der Waals surface area contributed by atoms with Crippen molar-refractivity contribution in [2.24, 2.45) is 11.8 Å². The zero-order valence-corrected chi connectivity index (χ0v) is 17.8. The Hall–Kier alpha value is -2.28. The van der Waals surface area contributed by atoms with Crippen LogP contribution >= 0.6 is 0 Å². The summed E-state index contributed by atoms with van der Waals surface area (Å²) in [6.45, 7) is 9.47. The van der Waals surface area contributed by atoms with Crippen molar-refractivity contribution in [1.29, 1.82) is 0 Å². The van der Waals surface area contributed by atoms with Crippen LogP contribution in [0.1, 0.15) is 33.1 Å². The summed E-state index contributed by atoms with van der Waals surface area (Å²) in [6.07, 6.45) is 2.74. The molecule has 2 aliphatic rings. The highest BCUT2D eigenvalue weighted by molar-refractivity contribution is 5.96. The zero-order valence-electron chi connectivity index (χ0n) is 17.8. The molecule has 29 heavy (non-hydrogen) atoms. The molecule has 0 radical (unpaired) electrons. The van der Waals surface area contributed by atoms with Gasteiger partial charge >= 0.3 is 6.09 Å². The van der Waals surface area contributed by atoms with E-state index < -0.39 is 12.1 Å². The van der Waals surface area contributed by atoms with Gasteiger partial charge in [-0.3, -0.25) is 9.69 Å². The fourth-order valence-electron chi connectivity index (χ4n) is 3.77. The van der Waals surface area contributed by atoms with Gasteiger partial charge in [0.05, 0.1) is 7.11 Å². The molecular formula is C22H34N4O3. The molecule has 0 aromatic heterocycles. The number of nitrogens with one attached hydrogen (secondary N) is 2. The zero-order chi connectivity index (χ0) is 20.8. The SMILES string of the molecule is COC(=O)NC(CC(C)C)C(=O)Nc1cccc(N2CCN(CC3CC3)CC2)c1. The minimum Gasteiger partial charge on any atom is -0.453 e. The predicted molar refractivity (Wildman–Crippen MR) is 115 cm³/mol. The number of hydrogen-bond donors (Lipinski definition) is 2. The molecule has 3 rings (SSSR count). The number of amides is 2. The lowest BCUT2D eigenvalue weighted by molar-refractivity contribution is -0.118. The Labute approximate surface area is 173 Å². The number of alkyl carbamates (subject to hydrolysis) is 1. The predicted octanol–water partition coefficient (Wildman–Crippen LogP) is 2.93. The summed E-state index contributed by atoms with van der Waals surface area (Å²) < 4.78 is 4.66. The molecule has 2 amide bonds. The number of anilines is 2. The van der Waals surface area contributed by atoms with Crippen LogP contribution in [0.5, 0.6) is 0 Å². The van der Waals surface area contributed by atoms with Gasteiger partial charge in [-0.25, -0.2) is 4.79 Å². The average molecular weight is 403 g/mol. The van der Waals surface area contributed by atoms with Gasteiger partial charge in [0.25, 0.3) is 0 Å². The third-order valence-corrected chi connectivity index (χ3v) is 5.57. The number of benzene rings is 1. The van der Waals surface area contributed by atoms with Gasteiger partial charge in [-0.1, -0.05) is 19.9 Å². The summed E-state index contributed by atoms with van der Waals surface area (Å²) in [4.78, 5) is 29.3. The summed E-state index contributed by atoms with van der Waals surface area (Å²) in [5.74, 6) is 0.967. The first-order chi connectivity index (χ1) is 13.9. The van der Waals surface area contributed by atoms with Gasteiger partial charge in [0.15, 0.2) is 0 Å². The van der Waals surface area contributed by atoms with E-state index in [-0.39, 0.29) is 11.8 Å². The maximum absolute atomic E-state index is 12.7. The van der Waals surface area contributed by atoms with Crippen molar-refractivity contribution in [3.05, 3.63) is 24.3 Å². The monoisotopic (exact) mass is 402 g/mol. The molecular weight excluding hydrogens is 368 g/mol. The number of piperazine rings is 1. The van der Waals surface area contributed by atoms with Crippen molar-refractivity contribution < 1.29 is 14.3 Å². The highest BCUT2D eigenvalue weighted by atomic mass is 16.5. The summed E-state index contributed by atoms with van der Waals surface area (Å²) >= 11 is 0. The lowest BCUT2D eigenvalue weighted by atomic mass is 10.0. The number of carbonyl (C=O) groups is 2. The molecule has 2 fully saturated rings. The van der Waals surface area contributed by atoms with Crippen molar-refractivity contribution in [3.63, 3.8) is 0 Å². The van der Waals surface area contributed by atoms with Crippen molar-refractivity contribution >= 4 is 23.4 Å². The molecule has 1 aromatic carbocycles. The van der Waals surface area contributed by atoms with E-state index in [1.165, 1.54) is 26.5 Å². The van der Waals surface area contributed by atoms with Gasteiger partial charge in [0.1, 0.15) is 6.04 Å². The standard InChI is InChI=1S/C22H34N4O3/c1-16(2)13-20(24-22(28)29-3)21(27)23-18-5-4-6-19(14-18)26-11-9-25(10-12-26)15-17-7-8-17/h4-6,14,16-17,20H,7-13,15H2,1-3H3,(H,23,27)(H,24,28). The molecule has 1 saturated heterocycles. The van der Waals surface area contributed by atoms with Crippen LogP contribution in [0, 0.1) is 11.8 Å². The van der Waals surface area contributed by atoms with Crippen molar-refractivity contribution in [2.75, 3.05) is 50.1 Å². The van der Waals surface area contributed by atoms with Gasteiger partial charge in [0.2, 0.25) is 5.91 Å². The van der Waals surface area contributed by atoms with E-state index in [9.17, 15) is 9.59 Å². The molecule has 7 nitrogen and oxygen atoms in total. The molecule has 1 heterocycles. The molecule has 7 heteroatoms. The van der Waals surface area contributed by atoms with E-state index >= 15 is 0 Å². The minimum absolute atomic E-state index is 0.226. The van der Waals surface area contributed by atoms with E-state index in [1.807, 2.05) is 32.0 Å². The Morgan fingerprint density at radius 1 is 1.17 bits per heavy atom. The second-order valence-electron chi connectivity index (χ2n) is 8.59. The van der Waals surface area contributed by atoms with E-state index in [1.54, 1.807) is 0 Å². The molecule has 1 unspecified atom stereocenters. The smallest absolute Gasteiger partial charge is 0.407 e. The van der Waals surface area contributed by atoms with Crippen molar-refractivity contribution in [1.82, 2.24) is 10.2 Å². The second kappa shape index (κ2) is 9.96. The number of hydrogen-bond acceptors (Lipinski definition) is 5. The number of ether oxygens (including phenoxy) is 1.